The Morgan fingerprint density at radius 2 is 1.78 bits per heavy atom. The van der Waals surface area contributed by atoms with Gasteiger partial charge in [-0.25, -0.2) is 0 Å². The van der Waals surface area contributed by atoms with Crippen molar-refractivity contribution in [3.63, 3.8) is 0 Å². The summed E-state index contributed by atoms with van der Waals surface area (Å²) in [6.07, 6.45) is 9.44. The Labute approximate surface area is 161 Å². The monoisotopic (exact) mass is 414 g/mol. The maximum Gasteiger partial charge on any atom is 0.267 e. The van der Waals surface area contributed by atoms with Gasteiger partial charge in [0.05, 0.1) is 19.3 Å². The van der Waals surface area contributed by atoms with Crippen molar-refractivity contribution in [2.45, 2.75) is 44.6 Å². The molecule has 0 radical (unpaired) electrons. The highest BCUT2D eigenvalue weighted by molar-refractivity contribution is 7.85. The predicted octanol–water partition coefficient (Wildman–Crippen LogP) is -1.16. The first-order valence-corrected chi connectivity index (χ1v) is 8.84. The third kappa shape index (κ3) is 13.4. The van der Waals surface area contributed by atoms with E-state index in [1.165, 1.54) is 7.11 Å². The molecule has 0 spiro atoms. The number of hydrogen-bond donors (Lipinski definition) is 4. The third-order valence-electron chi connectivity index (χ3n) is 2.94. The van der Waals surface area contributed by atoms with Gasteiger partial charge < -0.3 is 34.3 Å². The Kier molecular flexibility index (Phi) is 18.8. The molecule has 1 rings (SSSR count). The van der Waals surface area contributed by atoms with E-state index >= 15 is 0 Å². The van der Waals surface area contributed by atoms with Crippen LogP contribution in [0.25, 0.3) is 0 Å². The molecule has 1 aliphatic rings. The lowest BCUT2D eigenvalue weighted by atomic mass is 10.0. The van der Waals surface area contributed by atoms with Gasteiger partial charge in [0, 0.05) is 20.6 Å². The Bertz CT molecular complexity index is 513. The summed E-state index contributed by atoms with van der Waals surface area (Å²) in [5.74, 6) is -0.802. The van der Waals surface area contributed by atoms with Gasteiger partial charge in [0.2, 0.25) is 0 Å². The van der Waals surface area contributed by atoms with Crippen molar-refractivity contribution in [1.82, 2.24) is 0 Å². The van der Waals surface area contributed by atoms with Crippen molar-refractivity contribution in [2.75, 3.05) is 33.2 Å². The van der Waals surface area contributed by atoms with E-state index in [9.17, 15) is 18.6 Å². The number of rotatable bonds is 8. The second-order valence-corrected chi connectivity index (χ2v) is 6.31. The minimum atomic E-state index is -4.34. The average Bonchev–Trinajstić information content (AvgIpc) is 2.59. The second kappa shape index (κ2) is 16.7. The smallest absolute Gasteiger partial charge is 0.267 e. The van der Waals surface area contributed by atoms with Gasteiger partial charge in [0.25, 0.3) is 10.1 Å². The zero-order valence-electron chi connectivity index (χ0n) is 14.6. The van der Waals surface area contributed by atoms with E-state index in [-0.39, 0.29) is 27.1 Å². The van der Waals surface area contributed by atoms with Crippen molar-refractivity contribution in [3.8, 4) is 25.4 Å². The molecule has 1 aliphatic heterocycles. The molecule has 160 valence electrons. The van der Waals surface area contributed by atoms with Crippen LogP contribution in [0.3, 0.4) is 0 Å². The fourth-order valence-electron chi connectivity index (χ4n) is 1.97. The Hall–Kier alpha value is -1.41. The Morgan fingerprint density at radius 1 is 1.22 bits per heavy atom. The van der Waals surface area contributed by atoms with Crippen LogP contribution in [-0.2, 0) is 29.1 Å². The van der Waals surface area contributed by atoms with Crippen LogP contribution in [0.2, 0.25) is 0 Å². The van der Waals surface area contributed by atoms with E-state index in [4.69, 9.17) is 35.0 Å². The predicted molar refractivity (Wildman–Crippen MR) is 98.0 cm³/mol. The van der Waals surface area contributed by atoms with Crippen LogP contribution in [0.4, 0.5) is 0 Å². The molecule has 0 aromatic heterocycles. The molecule has 27 heavy (non-hydrogen) atoms. The molecular formula is C16H30O10S. The van der Waals surface area contributed by atoms with Gasteiger partial charge in [-0.3, -0.25) is 4.55 Å². The lowest BCUT2D eigenvalue weighted by Crippen LogP contribution is -2.51. The zero-order chi connectivity index (χ0) is 20.8. The summed E-state index contributed by atoms with van der Waals surface area (Å²) in [6.45, 7) is 0.0680. The molecule has 1 heterocycles. The first kappa shape index (κ1) is 30.3. The van der Waals surface area contributed by atoms with Crippen molar-refractivity contribution in [3.05, 3.63) is 0 Å². The molecule has 0 amide bonds. The van der Waals surface area contributed by atoms with E-state index in [1.807, 2.05) is 6.11 Å². The van der Waals surface area contributed by atoms with Crippen molar-refractivity contribution in [1.29, 1.82) is 0 Å². The standard InChI is InChI=1S/C12H20O9S.C2H2.CH4O.CH4/c1-3-19-8(5-18-2)6-20-12-10(14)4-9(13)11(21-12)7-22(15,16)17;2*1-2;/h1,8-14H,4-7H2,2H3,(H,15,16,17);1-2H;2H,1H3;1H4/t8?,9-,10?,11?,12-;;;/m0.../s1. The highest BCUT2D eigenvalue weighted by Gasteiger charge is 2.39. The van der Waals surface area contributed by atoms with Gasteiger partial charge in [-0.2, -0.15) is 8.42 Å². The van der Waals surface area contributed by atoms with Crippen LogP contribution >= 0.6 is 0 Å². The average molecular weight is 414 g/mol. The summed E-state index contributed by atoms with van der Waals surface area (Å²) in [7, 11) is -1.90. The van der Waals surface area contributed by atoms with Gasteiger partial charge in [0.1, 0.15) is 24.1 Å². The second-order valence-electron chi connectivity index (χ2n) is 4.81. The molecule has 11 heteroatoms. The Morgan fingerprint density at radius 3 is 2.22 bits per heavy atom. The summed E-state index contributed by atoms with van der Waals surface area (Å²) in [5.41, 5.74) is 0. The van der Waals surface area contributed by atoms with Crippen molar-refractivity contribution < 1.29 is 47.2 Å². The lowest BCUT2D eigenvalue weighted by molar-refractivity contribution is -0.266. The minimum absolute atomic E-state index is 0. The maximum atomic E-state index is 10.9. The van der Waals surface area contributed by atoms with Gasteiger partial charge in [-0.05, 0) is 0 Å². The first-order valence-electron chi connectivity index (χ1n) is 7.23. The fourth-order valence-corrected chi connectivity index (χ4v) is 2.69. The highest BCUT2D eigenvalue weighted by atomic mass is 32.2. The van der Waals surface area contributed by atoms with Crippen LogP contribution in [0.5, 0.6) is 0 Å². The van der Waals surface area contributed by atoms with Gasteiger partial charge >= 0.3 is 0 Å². The fraction of sp³-hybridized carbons (Fsp3) is 0.750. The molecule has 0 aromatic rings. The molecule has 3 unspecified atom stereocenters. The summed E-state index contributed by atoms with van der Waals surface area (Å²) in [5, 5.41) is 26.5. The first-order chi connectivity index (χ1) is 12.3. The van der Waals surface area contributed by atoms with Crippen LogP contribution < -0.4 is 0 Å². The summed E-state index contributed by atoms with van der Waals surface area (Å²) in [4.78, 5) is 0. The molecule has 0 aliphatic carbocycles. The highest BCUT2D eigenvalue weighted by Crippen LogP contribution is 2.22. The quantitative estimate of drug-likeness (QED) is 0.283. The van der Waals surface area contributed by atoms with E-state index in [2.05, 4.69) is 12.8 Å². The normalized spacial score (nSPS) is 25.1. The summed E-state index contributed by atoms with van der Waals surface area (Å²) in [6, 6.07) is 0. The largest absolute Gasteiger partial charge is 0.439 e. The molecule has 0 aromatic carbocycles. The van der Waals surface area contributed by atoms with Crippen molar-refractivity contribution in [2.24, 2.45) is 0 Å². The molecule has 1 saturated heterocycles. The third-order valence-corrected chi connectivity index (χ3v) is 3.69. The van der Waals surface area contributed by atoms with Gasteiger partial charge in [-0.1, -0.05) is 13.9 Å². The van der Waals surface area contributed by atoms with E-state index in [0.29, 0.717) is 0 Å². The Balaban J connectivity index is -0.00000108. The maximum absolute atomic E-state index is 10.9. The van der Waals surface area contributed by atoms with Crippen molar-refractivity contribution >= 4 is 10.1 Å². The number of aliphatic hydroxyl groups is 3. The minimum Gasteiger partial charge on any atom is -0.439 e. The molecule has 4 N–H and O–H groups in total. The summed E-state index contributed by atoms with van der Waals surface area (Å²) < 4.78 is 50.8. The number of ether oxygens (including phenoxy) is 4. The van der Waals surface area contributed by atoms with E-state index in [0.717, 1.165) is 7.11 Å². The number of terminal acetylenes is 2. The molecule has 1 fully saturated rings. The van der Waals surface area contributed by atoms with Crippen LogP contribution in [0, 0.1) is 25.4 Å². The topological polar surface area (TPSA) is 152 Å². The number of methoxy groups -OCH3 is 1. The van der Waals surface area contributed by atoms with E-state index in [1.54, 1.807) is 0 Å². The zero-order valence-corrected chi connectivity index (χ0v) is 15.4. The number of hydrogen-bond acceptors (Lipinski definition) is 9. The summed E-state index contributed by atoms with van der Waals surface area (Å²) >= 11 is 0. The molecule has 5 atom stereocenters. The van der Waals surface area contributed by atoms with Crippen LogP contribution in [0.15, 0.2) is 0 Å². The van der Waals surface area contributed by atoms with Gasteiger partial charge in [-0.15, -0.1) is 12.8 Å². The van der Waals surface area contributed by atoms with Gasteiger partial charge in [0.15, 0.2) is 12.4 Å². The molecule has 10 nitrogen and oxygen atoms in total. The van der Waals surface area contributed by atoms with Crippen LogP contribution in [-0.4, -0.2) is 92.2 Å². The SMILES string of the molecule is C.C#C.C#COC(COC)CO[C@H]1OC(CS(=O)(=O)O)[C@@H](O)CC1O.CO. The molecule has 0 saturated carbocycles. The van der Waals surface area contributed by atoms with E-state index < -0.39 is 46.6 Å². The number of aliphatic hydroxyl groups excluding tert-OH is 3. The van der Waals surface area contributed by atoms with Crippen LogP contribution in [0.1, 0.15) is 13.8 Å². The lowest BCUT2D eigenvalue weighted by Gasteiger charge is -2.36. The molecule has 0 bridgehead atoms. The molecular weight excluding hydrogens is 384 g/mol.